The second-order valence-corrected chi connectivity index (χ2v) is 13.7. The summed E-state index contributed by atoms with van der Waals surface area (Å²) in [5.74, 6) is -1.71. The third-order valence-electron chi connectivity index (χ3n) is 7.28. The highest BCUT2D eigenvalue weighted by atomic mass is 32.2. The van der Waals surface area contributed by atoms with E-state index in [9.17, 15) is 21.6 Å². The molecule has 1 saturated carbocycles. The number of benzene rings is 3. The Morgan fingerprint density at radius 2 is 1.82 bits per heavy atom. The lowest BCUT2D eigenvalue weighted by molar-refractivity contribution is -0.117. The summed E-state index contributed by atoms with van der Waals surface area (Å²) in [6.45, 7) is 0.250. The Bertz CT molecular complexity index is 1640. The number of sulfonamides is 1. The highest BCUT2D eigenvalue weighted by Gasteiger charge is 2.43. The Kier molecular flexibility index (Phi) is 6.08. The van der Waals surface area contributed by atoms with Crippen molar-refractivity contribution in [3.63, 3.8) is 0 Å². The van der Waals surface area contributed by atoms with Gasteiger partial charge in [-0.15, -0.1) is 0 Å². The summed E-state index contributed by atoms with van der Waals surface area (Å²) in [5.41, 5.74) is 1.24. The molecule has 0 aromatic heterocycles. The molecule has 3 aliphatic rings. The highest BCUT2D eigenvalue weighted by Crippen LogP contribution is 2.42. The van der Waals surface area contributed by atoms with Crippen LogP contribution in [-0.2, 0) is 31.6 Å². The lowest BCUT2D eigenvalue weighted by Gasteiger charge is -2.22. The quantitative estimate of drug-likeness (QED) is 0.476. The Morgan fingerprint density at radius 3 is 2.50 bits per heavy atom. The summed E-state index contributed by atoms with van der Waals surface area (Å²) in [7, 11) is -7.59. The molecule has 0 bridgehead atoms. The molecule has 0 radical (unpaired) electrons. The van der Waals surface area contributed by atoms with Gasteiger partial charge in [-0.2, -0.15) is 8.42 Å². The van der Waals surface area contributed by atoms with Crippen LogP contribution in [0.1, 0.15) is 36.3 Å². The fourth-order valence-electron chi connectivity index (χ4n) is 5.12. The van der Waals surface area contributed by atoms with Gasteiger partial charge in [0, 0.05) is 18.5 Å². The largest absolute Gasteiger partial charge is 0.487 e. The van der Waals surface area contributed by atoms with E-state index in [0.717, 1.165) is 11.1 Å². The maximum Gasteiger partial charge on any atom is 0.326 e. The van der Waals surface area contributed by atoms with Gasteiger partial charge in [0.15, 0.2) is 5.82 Å². The second-order valence-electron chi connectivity index (χ2n) is 9.92. The number of hydrogen-bond donors (Lipinski definition) is 1. The van der Waals surface area contributed by atoms with Crippen LogP contribution >= 0.6 is 0 Å². The molecule has 3 aromatic carbocycles. The van der Waals surface area contributed by atoms with E-state index >= 15 is 4.39 Å². The lowest BCUT2D eigenvalue weighted by atomic mass is 9.95. The highest BCUT2D eigenvalue weighted by molar-refractivity contribution is 7.92. The van der Waals surface area contributed by atoms with Gasteiger partial charge < -0.3 is 4.74 Å². The van der Waals surface area contributed by atoms with E-state index in [0.29, 0.717) is 42.0 Å². The average molecular weight is 560 g/mol. The van der Waals surface area contributed by atoms with Gasteiger partial charge in [-0.1, -0.05) is 42.5 Å². The smallest absolute Gasteiger partial charge is 0.326 e. The average Bonchev–Trinajstić information content (AvgIpc) is 3.57. The molecular formula is C26H26FN3O6S2. The number of amides is 1. The fraction of sp³-hybridized carbons (Fsp3) is 0.346. The minimum Gasteiger partial charge on any atom is -0.487 e. The van der Waals surface area contributed by atoms with Crippen molar-refractivity contribution in [2.75, 3.05) is 23.9 Å². The minimum atomic E-state index is -4.30. The van der Waals surface area contributed by atoms with E-state index in [1.807, 2.05) is 41.1 Å². The standard InChI is InChI=1S/C26H26FN3O6S2/c27-25-22-12-18(20-10-11-29(14-20)37(32,33)21-8-9-21)6-7-19(22)13-23(36-16-17-4-2-1-3-5-17)26(25)30-15-24(31)28-38(30,34)35/h1-7,12-13,20-21H,8-11,14-16H2,(H,28,31). The van der Waals surface area contributed by atoms with E-state index in [1.54, 1.807) is 18.2 Å². The van der Waals surface area contributed by atoms with Crippen molar-refractivity contribution < 1.29 is 30.8 Å². The molecule has 6 rings (SSSR count). The summed E-state index contributed by atoms with van der Waals surface area (Å²) in [5, 5.41) is 0.378. The zero-order valence-corrected chi connectivity index (χ0v) is 22.0. The molecule has 3 aromatic rings. The molecule has 1 unspecified atom stereocenters. The maximum atomic E-state index is 16.2. The fourth-order valence-corrected chi connectivity index (χ4v) is 8.18. The monoisotopic (exact) mass is 559 g/mol. The molecule has 12 heteroatoms. The summed E-state index contributed by atoms with van der Waals surface area (Å²) >= 11 is 0. The number of fused-ring (bicyclic) bond motifs is 1. The van der Waals surface area contributed by atoms with Gasteiger partial charge in [0.1, 0.15) is 24.6 Å². The number of ether oxygens (including phenoxy) is 1. The van der Waals surface area contributed by atoms with Crippen LogP contribution in [0.2, 0.25) is 0 Å². The summed E-state index contributed by atoms with van der Waals surface area (Å²) < 4.78 is 76.9. The van der Waals surface area contributed by atoms with Crippen molar-refractivity contribution in [1.82, 2.24) is 9.03 Å². The minimum absolute atomic E-state index is 0.00533. The number of rotatable bonds is 7. The SMILES string of the molecule is O=C1CN(c2c(OCc3ccccc3)cc3ccc(C4CCN(S(=O)(=O)C5CC5)C4)cc3c2F)S(=O)(=O)N1. The predicted molar refractivity (Wildman–Crippen MR) is 140 cm³/mol. The zero-order chi connectivity index (χ0) is 26.7. The first kappa shape index (κ1) is 25.1. The number of halogens is 1. The number of nitrogens with zero attached hydrogens (tertiary/aromatic N) is 2. The van der Waals surface area contributed by atoms with Gasteiger partial charge in [0.25, 0.3) is 5.91 Å². The van der Waals surface area contributed by atoms with E-state index in [1.165, 1.54) is 4.31 Å². The number of nitrogens with one attached hydrogen (secondary N) is 1. The van der Waals surface area contributed by atoms with E-state index < -0.39 is 38.5 Å². The zero-order valence-electron chi connectivity index (χ0n) is 20.3. The number of hydrogen-bond acceptors (Lipinski definition) is 6. The topological polar surface area (TPSA) is 113 Å². The van der Waals surface area contributed by atoms with Crippen LogP contribution in [0, 0.1) is 5.82 Å². The molecule has 1 aliphatic carbocycles. The van der Waals surface area contributed by atoms with Crippen LogP contribution in [0.15, 0.2) is 54.6 Å². The number of carbonyl (C=O) groups excluding carboxylic acids is 1. The third kappa shape index (κ3) is 4.50. The summed E-state index contributed by atoms with van der Waals surface area (Å²) in [6, 6.07) is 15.9. The van der Waals surface area contributed by atoms with Crippen molar-refractivity contribution in [2.45, 2.75) is 37.0 Å². The first-order chi connectivity index (χ1) is 18.1. The van der Waals surface area contributed by atoms with E-state index in [-0.39, 0.29) is 34.6 Å². The molecule has 3 fully saturated rings. The van der Waals surface area contributed by atoms with Crippen LogP contribution in [0.25, 0.3) is 10.8 Å². The Labute approximate surface area is 220 Å². The molecule has 9 nitrogen and oxygen atoms in total. The maximum absolute atomic E-state index is 16.2. The van der Waals surface area contributed by atoms with E-state index in [2.05, 4.69) is 0 Å². The van der Waals surface area contributed by atoms with Crippen LogP contribution in [-0.4, -0.2) is 51.9 Å². The van der Waals surface area contributed by atoms with Crippen molar-refractivity contribution in [3.8, 4) is 5.75 Å². The van der Waals surface area contributed by atoms with Gasteiger partial charge >= 0.3 is 10.2 Å². The third-order valence-corrected chi connectivity index (χ3v) is 11.0. The normalized spacial score (nSPS) is 21.7. The van der Waals surface area contributed by atoms with Gasteiger partial charge in [-0.05, 0) is 53.8 Å². The first-order valence-electron chi connectivity index (χ1n) is 12.4. The van der Waals surface area contributed by atoms with Crippen LogP contribution in [0.3, 0.4) is 0 Å². The Morgan fingerprint density at radius 1 is 1.05 bits per heavy atom. The van der Waals surface area contributed by atoms with Crippen molar-refractivity contribution in [1.29, 1.82) is 0 Å². The van der Waals surface area contributed by atoms with Crippen LogP contribution in [0.5, 0.6) is 5.75 Å². The van der Waals surface area contributed by atoms with Crippen molar-refractivity contribution in [2.24, 2.45) is 0 Å². The van der Waals surface area contributed by atoms with Gasteiger partial charge in [0.2, 0.25) is 10.0 Å². The molecule has 2 aliphatic heterocycles. The summed E-state index contributed by atoms with van der Waals surface area (Å²) in [6.07, 6.45) is 2.00. The summed E-state index contributed by atoms with van der Waals surface area (Å²) in [4.78, 5) is 12.0. The molecule has 38 heavy (non-hydrogen) atoms. The van der Waals surface area contributed by atoms with Crippen molar-refractivity contribution in [3.05, 3.63) is 71.5 Å². The van der Waals surface area contributed by atoms with Crippen molar-refractivity contribution >= 4 is 42.6 Å². The van der Waals surface area contributed by atoms with E-state index in [4.69, 9.17) is 4.74 Å². The van der Waals surface area contributed by atoms with Gasteiger partial charge in [-0.3, -0.25) is 4.79 Å². The lowest BCUT2D eigenvalue weighted by Crippen LogP contribution is -2.31. The van der Waals surface area contributed by atoms with Gasteiger partial charge in [0.05, 0.1) is 5.25 Å². The first-order valence-corrected chi connectivity index (χ1v) is 15.3. The predicted octanol–water partition coefficient (Wildman–Crippen LogP) is 3.02. The second kappa shape index (κ2) is 9.21. The molecule has 2 saturated heterocycles. The Hall–Kier alpha value is -3.22. The molecule has 1 atom stereocenters. The van der Waals surface area contributed by atoms with Crippen LogP contribution < -0.4 is 13.8 Å². The Balaban J connectivity index is 1.38. The number of anilines is 1. The molecule has 2 heterocycles. The molecular weight excluding hydrogens is 533 g/mol. The number of carbonyl (C=O) groups is 1. The molecule has 1 N–H and O–H groups in total. The van der Waals surface area contributed by atoms with Gasteiger partial charge in [-0.25, -0.2) is 26.1 Å². The molecule has 0 spiro atoms. The van der Waals surface area contributed by atoms with Crippen LogP contribution in [0.4, 0.5) is 10.1 Å². The molecule has 1 amide bonds. The molecule has 200 valence electrons.